The highest BCUT2D eigenvalue weighted by molar-refractivity contribution is 7.20. The lowest BCUT2D eigenvalue weighted by molar-refractivity contribution is 0.669. The van der Waals surface area contributed by atoms with Crippen LogP contribution in [0.25, 0.3) is 98.8 Å². The van der Waals surface area contributed by atoms with Crippen molar-refractivity contribution in [2.45, 2.75) is 13.3 Å². The Balaban J connectivity index is 1.32. The van der Waals surface area contributed by atoms with Gasteiger partial charge in [0.05, 0.1) is 26.9 Å². The molecule has 4 aromatic heterocycles. The second-order valence-corrected chi connectivity index (χ2v) is 14.1. The summed E-state index contributed by atoms with van der Waals surface area (Å²) in [5.74, 6) is 1.14. The van der Waals surface area contributed by atoms with E-state index in [4.69, 9.17) is 14.4 Å². The van der Waals surface area contributed by atoms with Gasteiger partial charge in [-0.25, -0.2) is 9.97 Å². The van der Waals surface area contributed by atoms with Crippen LogP contribution in [0.15, 0.2) is 126 Å². The minimum Gasteiger partial charge on any atom is -0.456 e. The van der Waals surface area contributed by atoms with Crippen molar-refractivity contribution in [1.29, 1.82) is 0 Å². The second-order valence-electron chi connectivity index (χ2n) is 13.0. The van der Waals surface area contributed by atoms with Crippen LogP contribution in [0.1, 0.15) is 17.4 Å². The van der Waals surface area contributed by atoms with Crippen molar-refractivity contribution in [3.63, 3.8) is 0 Å². The van der Waals surface area contributed by atoms with Crippen molar-refractivity contribution >= 4 is 92.9 Å². The first-order valence-corrected chi connectivity index (χ1v) is 17.3. The Labute approximate surface area is 279 Å². The second kappa shape index (κ2) is 9.63. The fourth-order valence-electron chi connectivity index (χ4n) is 7.94. The molecule has 0 saturated carbocycles. The van der Waals surface area contributed by atoms with Crippen LogP contribution >= 0.6 is 11.3 Å². The van der Waals surface area contributed by atoms with Gasteiger partial charge < -0.3 is 4.42 Å². The smallest absolute Gasteiger partial charge is 0.235 e. The van der Waals surface area contributed by atoms with Gasteiger partial charge in [0, 0.05) is 32.0 Å². The van der Waals surface area contributed by atoms with E-state index in [9.17, 15) is 0 Å². The number of para-hydroxylation sites is 1. The third-order valence-electron chi connectivity index (χ3n) is 10.1. The molecule has 0 saturated heterocycles. The topological polar surface area (TPSA) is 43.9 Å². The van der Waals surface area contributed by atoms with E-state index in [1.165, 1.54) is 42.8 Å². The molecule has 10 aromatic rings. The number of nitrogens with zero attached hydrogens (tertiary/aromatic N) is 3. The zero-order valence-corrected chi connectivity index (χ0v) is 26.9. The first-order chi connectivity index (χ1) is 23.7. The van der Waals surface area contributed by atoms with Crippen LogP contribution in [-0.2, 0) is 6.42 Å². The number of hydrogen-bond donors (Lipinski definition) is 0. The maximum atomic E-state index is 6.37. The summed E-state index contributed by atoms with van der Waals surface area (Å²) in [7, 11) is 0. The molecule has 0 amide bonds. The van der Waals surface area contributed by atoms with E-state index < -0.39 is 0 Å². The molecule has 226 valence electrons. The molecule has 0 aliphatic heterocycles. The molecule has 0 spiro atoms. The van der Waals surface area contributed by atoms with Crippen molar-refractivity contribution in [2.75, 3.05) is 0 Å². The zero-order chi connectivity index (χ0) is 31.5. The van der Waals surface area contributed by atoms with Gasteiger partial charge in [-0.15, -0.1) is 11.3 Å². The van der Waals surface area contributed by atoms with Gasteiger partial charge >= 0.3 is 0 Å². The standard InChI is InChI=1S/C43H27N3OS/c1-24-17-20-37-32(21-24)41-42(48-37)40(30-14-8-16-36-39(30)29-13-6-7-15-35(29)47-36)44-43(45-41)46-33-19-18-25-9-4-5-12-28(25)38(33)31-22-26-10-2-3-11-27(26)23-34(31)46/h2-20,22-24H,21H2,1H3. The Morgan fingerprint density at radius 1 is 0.688 bits per heavy atom. The van der Waals surface area contributed by atoms with Crippen LogP contribution in [0.3, 0.4) is 0 Å². The number of benzene rings is 6. The normalized spacial score (nSPS) is 14.8. The summed E-state index contributed by atoms with van der Waals surface area (Å²) in [6.45, 7) is 2.29. The third kappa shape index (κ3) is 3.59. The zero-order valence-electron chi connectivity index (χ0n) is 26.1. The van der Waals surface area contributed by atoms with Gasteiger partial charge in [-0.05, 0) is 75.9 Å². The first-order valence-electron chi connectivity index (χ1n) is 16.5. The minimum absolute atomic E-state index is 0.449. The summed E-state index contributed by atoms with van der Waals surface area (Å²) >= 11 is 1.81. The molecule has 0 bridgehead atoms. The SMILES string of the molecule is CC1C=Cc2sc3c(-c4cccc5oc6ccccc6c45)nc(-n4c5cc6ccccc6cc5c5c6ccccc6ccc54)nc3c2C1. The minimum atomic E-state index is 0.449. The Morgan fingerprint density at radius 3 is 2.35 bits per heavy atom. The summed E-state index contributed by atoms with van der Waals surface area (Å²) < 4.78 is 9.79. The van der Waals surface area contributed by atoms with E-state index in [0.29, 0.717) is 11.9 Å². The van der Waals surface area contributed by atoms with Gasteiger partial charge in [-0.2, -0.15) is 0 Å². The molecule has 0 radical (unpaired) electrons. The number of allylic oxidation sites excluding steroid dienone is 1. The Morgan fingerprint density at radius 2 is 1.46 bits per heavy atom. The summed E-state index contributed by atoms with van der Waals surface area (Å²) in [6.07, 6.45) is 5.56. The number of furan rings is 1. The van der Waals surface area contributed by atoms with E-state index in [-0.39, 0.29) is 0 Å². The molecule has 1 unspecified atom stereocenters. The molecule has 1 atom stereocenters. The van der Waals surface area contributed by atoms with E-state index >= 15 is 0 Å². The average molecular weight is 634 g/mol. The van der Waals surface area contributed by atoms with Crippen LogP contribution in [0.5, 0.6) is 0 Å². The maximum Gasteiger partial charge on any atom is 0.235 e. The highest BCUT2D eigenvalue weighted by Gasteiger charge is 2.26. The summed E-state index contributed by atoms with van der Waals surface area (Å²) in [6, 6.07) is 41.1. The van der Waals surface area contributed by atoms with Crippen molar-refractivity contribution in [1.82, 2.24) is 14.5 Å². The molecule has 0 fully saturated rings. The predicted octanol–water partition coefficient (Wildman–Crippen LogP) is 11.9. The molecule has 6 aromatic carbocycles. The van der Waals surface area contributed by atoms with E-state index in [1.807, 2.05) is 12.1 Å². The molecule has 5 heteroatoms. The number of aromatic nitrogens is 3. The third-order valence-corrected chi connectivity index (χ3v) is 11.3. The van der Waals surface area contributed by atoms with Crippen molar-refractivity contribution < 1.29 is 4.42 Å². The van der Waals surface area contributed by atoms with E-state index in [0.717, 1.165) is 60.9 Å². The molecule has 1 aliphatic carbocycles. The van der Waals surface area contributed by atoms with Crippen molar-refractivity contribution in [3.05, 3.63) is 132 Å². The summed E-state index contributed by atoms with van der Waals surface area (Å²) in [5, 5.41) is 9.50. The monoisotopic (exact) mass is 633 g/mol. The van der Waals surface area contributed by atoms with Crippen LogP contribution in [0.2, 0.25) is 0 Å². The summed E-state index contributed by atoms with van der Waals surface area (Å²) in [4.78, 5) is 12.4. The lowest BCUT2D eigenvalue weighted by Gasteiger charge is -2.13. The molecule has 11 rings (SSSR count). The molecule has 4 nitrogen and oxygen atoms in total. The van der Waals surface area contributed by atoms with Crippen molar-refractivity contribution in [2.24, 2.45) is 5.92 Å². The van der Waals surface area contributed by atoms with E-state index in [2.05, 4.69) is 127 Å². The van der Waals surface area contributed by atoms with Crippen molar-refractivity contribution in [3.8, 4) is 17.2 Å². The number of fused-ring (bicyclic) bond motifs is 12. The largest absolute Gasteiger partial charge is 0.456 e. The highest BCUT2D eigenvalue weighted by atomic mass is 32.1. The molecule has 0 N–H and O–H groups in total. The lowest BCUT2D eigenvalue weighted by atomic mass is 9.95. The Kier molecular flexibility index (Phi) is 5.28. The van der Waals surface area contributed by atoms with Gasteiger partial charge in [0.25, 0.3) is 0 Å². The first kappa shape index (κ1) is 26.3. The average Bonchev–Trinajstić information content (AvgIpc) is 3.79. The molecule has 4 heterocycles. The number of hydrogen-bond acceptors (Lipinski definition) is 4. The maximum absolute atomic E-state index is 6.37. The van der Waals surface area contributed by atoms with Crippen LogP contribution in [0.4, 0.5) is 0 Å². The Hall–Kier alpha value is -5.78. The van der Waals surface area contributed by atoms with E-state index in [1.54, 1.807) is 11.3 Å². The van der Waals surface area contributed by atoms with Gasteiger partial charge in [-0.3, -0.25) is 4.57 Å². The molecule has 1 aliphatic rings. The summed E-state index contributed by atoms with van der Waals surface area (Å²) in [5.41, 5.74) is 8.34. The Bertz CT molecular complexity index is 3010. The van der Waals surface area contributed by atoms with Crippen LogP contribution in [0, 0.1) is 5.92 Å². The lowest BCUT2D eigenvalue weighted by Crippen LogP contribution is -2.05. The predicted molar refractivity (Wildman–Crippen MR) is 201 cm³/mol. The fraction of sp³-hybridized carbons (Fsp3) is 0.0698. The van der Waals surface area contributed by atoms with Crippen LogP contribution < -0.4 is 0 Å². The van der Waals surface area contributed by atoms with Crippen LogP contribution in [-0.4, -0.2) is 14.5 Å². The quantitative estimate of drug-likeness (QED) is 0.190. The van der Waals surface area contributed by atoms with Gasteiger partial charge in [0.15, 0.2) is 0 Å². The fourth-order valence-corrected chi connectivity index (χ4v) is 9.13. The number of thiophene rings is 1. The van der Waals surface area contributed by atoms with Gasteiger partial charge in [-0.1, -0.05) is 97.9 Å². The number of rotatable bonds is 2. The molecular formula is C43H27N3OS. The van der Waals surface area contributed by atoms with Gasteiger partial charge in [0.2, 0.25) is 5.95 Å². The van der Waals surface area contributed by atoms with Gasteiger partial charge in [0.1, 0.15) is 11.2 Å². The molecular weight excluding hydrogens is 607 g/mol. The highest BCUT2D eigenvalue weighted by Crippen LogP contribution is 2.45. The molecule has 48 heavy (non-hydrogen) atoms.